The van der Waals surface area contributed by atoms with Gasteiger partial charge in [-0.05, 0) is 24.3 Å². The number of carbonyl (C=O) groups excluding carboxylic acids is 1. The highest BCUT2D eigenvalue weighted by atomic mass is 19.4. The second-order valence-electron chi connectivity index (χ2n) is 3.25. The molecule has 2 rings (SSSR count). The van der Waals surface area contributed by atoms with Crippen LogP contribution in [-0.2, 0) is 4.79 Å². The molecular weight excluding hydrogens is 237 g/mol. The molecule has 0 bridgehead atoms. The van der Waals surface area contributed by atoms with Gasteiger partial charge in [-0.1, -0.05) is 0 Å². The maximum Gasteiger partial charge on any atom is 0.573 e. The molecule has 0 aromatic heterocycles. The lowest BCUT2D eigenvalue weighted by Crippen LogP contribution is -2.20. The number of hydrazone groups is 1. The van der Waals surface area contributed by atoms with Gasteiger partial charge in [-0.2, -0.15) is 5.10 Å². The van der Waals surface area contributed by atoms with Gasteiger partial charge in [0, 0.05) is 6.21 Å². The summed E-state index contributed by atoms with van der Waals surface area (Å²) in [6, 6.07) is 4.93. The number of anilines is 1. The fourth-order valence-electron chi connectivity index (χ4n) is 1.35. The monoisotopic (exact) mass is 244 g/mol. The molecule has 0 radical (unpaired) electrons. The van der Waals surface area contributed by atoms with Crippen molar-refractivity contribution in [2.75, 3.05) is 5.01 Å². The van der Waals surface area contributed by atoms with Gasteiger partial charge < -0.3 is 4.74 Å². The van der Waals surface area contributed by atoms with Crippen LogP contribution in [0.25, 0.3) is 0 Å². The molecular formula is C10H7F3N2O2. The number of nitrogens with zero attached hydrogens (tertiary/aromatic N) is 2. The summed E-state index contributed by atoms with van der Waals surface area (Å²) in [5.74, 6) is -0.564. The SMILES string of the molecule is O=C1CC=NN1c1ccc(OC(F)(F)F)cc1. The molecule has 1 heterocycles. The summed E-state index contributed by atoms with van der Waals surface area (Å²) >= 11 is 0. The molecule has 4 nitrogen and oxygen atoms in total. The van der Waals surface area contributed by atoms with Gasteiger partial charge >= 0.3 is 6.36 Å². The second kappa shape index (κ2) is 4.08. The van der Waals surface area contributed by atoms with E-state index in [0.717, 1.165) is 17.1 Å². The minimum atomic E-state index is -4.72. The number of hydrogen-bond donors (Lipinski definition) is 0. The van der Waals surface area contributed by atoms with E-state index in [4.69, 9.17) is 0 Å². The highest BCUT2D eigenvalue weighted by Gasteiger charge is 2.31. The first-order chi connectivity index (χ1) is 7.96. The molecule has 0 aliphatic carbocycles. The van der Waals surface area contributed by atoms with Crippen LogP contribution in [0, 0.1) is 0 Å². The number of ether oxygens (including phenoxy) is 1. The molecule has 0 N–H and O–H groups in total. The van der Waals surface area contributed by atoms with Gasteiger partial charge in [-0.3, -0.25) is 4.79 Å². The van der Waals surface area contributed by atoms with E-state index < -0.39 is 6.36 Å². The number of halogens is 3. The van der Waals surface area contributed by atoms with E-state index in [1.54, 1.807) is 0 Å². The van der Waals surface area contributed by atoms with Crippen LogP contribution in [0.2, 0.25) is 0 Å². The molecule has 90 valence electrons. The van der Waals surface area contributed by atoms with Crippen molar-refractivity contribution < 1.29 is 22.7 Å². The number of carbonyl (C=O) groups is 1. The van der Waals surface area contributed by atoms with E-state index in [0.29, 0.717) is 5.69 Å². The topological polar surface area (TPSA) is 41.9 Å². The van der Waals surface area contributed by atoms with E-state index in [1.165, 1.54) is 18.3 Å². The summed E-state index contributed by atoms with van der Waals surface area (Å²) < 4.78 is 39.4. The van der Waals surface area contributed by atoms with Crippen molar-refractivity contribution in [3.8, 4) is 5.75 Å². The van der Waals surface area contributed by atoms with Gasteiger partial charge in [0.2, 0.25) is 0 Å². The molecule has 0 saturated heterocycles. The number of alkyl halides is 3. The molecule has 0 unspecified atom stereocenters. The van der Waals surface area contributed by atoms with Crippen LogP contribution in [0.5, 0.6) is 5.75 Å². The first-order valence-corrected chi connectivity index (χ1v) is 4.67. The summed E-state index contributed by atoms with van der Waals surface area (Å²) in [6.45, 7) is 0. The highest BCUT2D eigenvalue weighted by molar-refractivity contribution is 6.05. The maximum atomic E-state index is 11.9. The van der Waals surface area contributed by atoms with Crippen LogP contribution < -0.4 is 9.75 Å². The van der Waals surface area contributed by atoms with Crippen LogP contribution in [0.1, 0.15) is 6.42 Å². The molecule has 1 aliphatic heterocycles. The predicted octanol–water partition coefficient (Wildman–Crippen LogP) is 2.31. The van der Waals surface area contributed by atoms with Gasteiger partial charge in [0.05, 0.1) is 12.1 Å². The van der Waals surface area contributed by atoms with Crippen LogP contribution in [0.3, 0.4) is 0 Å². The van der Waals surface area contributed by atoms with Crippen LogP contribution in [0.4, 0.5) is 18.9 Å². The van der Waals surface area contributed by atoms with E-state index in [-0.39, 0.29) is 18.1 Å². The molecule has 1 aromatic carbocycles. The zero-order valence-electron chi connectivity index (χ0n) is 8.44. The van der Waals surface area contributed by atoms with E-state index in [1.807, 2.05) is 0 Å². The Bertz CT molecular complexity index is 454. The average molecular weight is 244 g/mol. The Balaban J connectivity index is 2.13. The van der Waals surface area contributed by atoms with Gasteiger partial charge in [-0.25, -0.2) is 5.01 Å². The van der Waals surface area contributed by atoms with E-state index >= 15 is 0 Å². The molecule has 0 saturated carbocycles. The van der Waals surface area contributed by atoms with Crippen molar-refractivity contribution in [3.63, 3.8) is 0 Å². The number of hydrogen-bond acceptors (Lipinski definition) is 3. The lowest BCUT2D eigenvalue weighted by Gasteiger charge is -2.13. The number of rotatable bonds is 2. The van der Waals surface area contributed by atoms with Crippen LogP contribution >= 0.6 is 0 Å². The molecule has 0 spiro atoms. The number of amides is 1. The van der Waals surface area contributed by atoms with Gasteiger partial charge in [0.1, 0.15) is 5.75 Å². The third-order valence-corrected chi connectivity index (χ3v) is 2.01. The Morgan fingerprint density at radius 1 is 1.24 bits per heavy atom. The highest BCUT2D eigenvalue weighted by Crippen LogP contribution is 2.26. The zero-order chi connectivity index (χ0) is 12.5. The zero-order valence-corrected chi connectivity index (χ0v) is 8.44. The molecule has 0 atom stereocenters. The molecule has 1 aromatic rings. The van der Waals surface area contributed by atoms with Crippen molar-refractivity contribution in [2.45, 2.75) is 12.8 Å². The Kier molecular flexibility index (Phi) is 2.74. The van der Waals surface area contributed by atoms with Crippen molar-refractivity contribution in [1.82, 2.24) is 0 Å². The van der Waals surface area contributed by atoms with E-state index in [2.05, 4.69) is 9.84 Å². The summed E-state index contributed by atoms with van der Waals surface area (Å²) in [6.07, 6.45) is -3.09. The van der Waals surface area contributed by atoms with Crippen LogP contribution in [0.15, 0.2) is 29.4 Å². The van der Waals surface area contributed by atoms with Crippen LogP contribution in [-0.4, -0.2) is 18.5 Å². The maximum absolute atomic E-state index is 11.9. The Labute approximate surface area is 94.3 Å². The van der Waals surface area contributed by atoms with Crippen molar-refractivity contribution in [2.24, 2.45) is 5.10 Å². The first-order valence-electron chi connectivity index (χ1n) is 4.67. The lowest BCUT2D eigenvalue weighted by atomic mass is 10.3. The smallest absolute Gasteiger partial charge is 0.406 e. The second-order valence-corrected chi connectivity index (χ2v) is 3.25. The largest absolute Gasteiger partial charge is 0.573 e. The quantitative estimate of drug-likeness (QED) is 0.801. The minimum absolute atomic E-state index is 0.195. The third kappa shape index (κ3) is 2.74. The first kappa shape index (κ1) is 11.4. The fraction of sp³-hybridized carbons (Fsp3) is 0.200. The summed E-state index contributed by atoms with van der Waals surface area (Å²) in [5, 5.41) is 4.91. The van der Waals surface area contributed by atoms with Gasteiger partial charge in [0.25, 0.3) is 5.91 Å². The minimum Gasteiger partial charge on any atom is -0.406 e. The molecule has 0 fully saturated rings. The van der Waals surface area contributed by atoms with Crippen molar-refractivity contribution in [3.05, 3.63) is 24.3 Å². The summed E-state index contributed by atoms with van der Waals surface area (Å²) in [7, 11) is 0. The fourth-order valence-corrected chi connectivity index (χ4v) is 1.35. The molecule has 7 heteroatoms. The normalized spacial score (nSPS) is 15.5. The Hall–Kier alpha value is -2.05. The van der Waals surface area contributed by atoms with Gasteiger partial charge in [0.15, 0.2) is 0 Å². The molecule has 1 aliphatic rings. The molecule has 17 heavy (non-hydrogen) atoms. The average Bonchev–Trinajstić information content (AvgIpc) is 2.63. The van der Waals surface area contributed by atoms with Crippen molar-refractivity contribution in [1.29, 1.82) is 0 Å². The third-order valence-electron chi connectivity index (χ3n) is 2.01. The van der Waals surface area contributed by atoms with E-state index in [9.17, 15) is 18.0 Å². The summed E-state index contributed by atoms with van der Waals surface area (Å²) in [4.78, 5) is 11.3. The molecule has 1 amide bonds. The Morgan fingerprint density at radius 2 is 1.88 bits per heavy atom. The Morgan fingerprint density at radius 3 is 2.35 bits per heavy atom. The standard InChI is InChI=1S/C10H7F3N2O2/c11-10(12,13)17-8-3-1-7(2-4-8)15-9(16)5-6-14-15/h1-4,6H,5H2. The van der Waals surface area contributed by atoms with Gasteiger partial charge in [-0.15, -0.1) is 13.2 Å². The number of benzene rings is 1. The predicted molar refractivity (Wildman–Crippen MR) is 53.7 cm³/mol. The van der Waals surface area contributed by atoms with Crippen molar-refractivity contribution >= 4 is 17.8 Å². The summed E-state index contributed by atoms with van der Waals surface area (Å²) in [5.41, 5.74) is 0.401. The lowest BCUT2D eigenvalue weighted by molar-refractivity contribution is -0.274.